The normalized spacial score (nSPS) is 9.75. The van der Waals surface area contributed by atoms with Crippen molar-refractivity contribution in [3.8, 4) is 0 Å². The van der Waals surface area contributed by atoms with Crippen molar-refractivity contribution in [1.82, 2.24) is 0 Å². The summed E-state index contributed by atoms with van der Waals surface area (Å²) >= 11 is 1.73. The van der Waals surface area contributed by atoms with Gasteiger partial charge in [0.2, 0.25) is 0 Å². The first-order chi connectivity index (χ1) is 3.91. The molecule has 0 aromatic rings. The van der Waals surface area contributed by atoms with E-state index in [4.69, 9.17) is 4.74 Å². The summed E-state index contributed by atoms with van der Waals surface area (Å²) in [6.45, 7) is 4.94. The van der Waals surface area contributed by atoms with E-state index in [0.29, 0.717) is 0 Å². The first kappa shape index (κ1) is 8.31. The Hall–Kier alpha value is 0.310. The third kappa shape index (κ3) is 6.31. The monoisotopic (exact) mass is 133 g/mol. The second kappa shape index (κ2) is 7.31. The smallest absolute Gasteiger partial charge is 0.138 e. The molecule has 0 fully saturated rings. The minimum absolute atomic E-state index is 0.788. The lowest BCUT2D eigenvalue weighted by Crippen LogP contribution is -1.82. The molecule has 0 atom stereocenters. The Balaban J connectivity index is 2.53. The van der Waals surface area contributed by atoms with Crippen molar-refractivity contribution in [2.24, 2.45) is 0 Å². The molecule has 1 radical (unpaired) electrons. The predicted molar refractivity (Wildman–Crippen MR) is 38.7 cm³/mol. The van der Waals surface area contributed by atoms with Crippen LogP contribution in [0.3, 0.4) is 0 Å². The number of rotatable bonds is 5. The molecular weight excluding hydrogens is 120 g/mol. The fourth-order valence-corrected chi connectivity index (χ4v) is 0.846. The largest absolute Gasteiger partial charge is 0.364 e. The molecule has 0 saturated carbocycles. The molecule has 0 unspecified atom stereocenters. The van der Waals surface area contributed by atoms with Crippen molar-refractivity contribution in [3.05, 3.63) is 5.94 Å². The molecule has 1 nitrogen and oxygen atoms in total. The second-order valence-corrected chi connectivity index (χ2v) is 2.36. The fraction of sp³-hybridized carbons (Fsp3) is 0.833. The van der Waals surface area contributed by atoms with Gasteiger partial charge in [0.1, 0.15) is 5.94 Å². The van der Waals surface area contributed by atoms with Gasteiger partial charge in [0.25, 0.3) is 0 Å². The molecule has 0 bridgehead atoms. The molecule has 0 aromatic carbocycles. The van der Waals surface area contributed by atoms with Crippen LogP contribution in [0.15, 0.2) is 0 Å². The zero-order valence-electron chi connectivity index (χ0n) is 5.52. The lowest BCUT2D eigenvalue weighted by atomic mass is 10.6. The Morgan fingerprint density at radius 3 is 2.75 bits per heavy atom. The Kier molecular flexibility index (Phi) is 7.59. The third-order valence-electron chi connectivity index (χ3n) is 0.625. The Labute approximate surface area is 55.8 Å². The van der Waals surface area contributed by atoms with E-state index in [9.17, 15) is 0 Å². The number of hydrogen-bond donors (Lipinski definition) is 0. The molecule has 8 heavy (non-hydrogen) atoms. The van der Waals surface area contributed by atoms with Crippen LogP contribution in [0.25, 0.3) is 0 Å². The standard InChI is InChI=1S/C6H13OS/c1-3-5-8-6-7-4-2/h6H,3-5H2,1-2H3. The molecule has 0 aliphatic rings. The molecular formula is C6H13OS. The molecule has 0 N–H and O–H groups in total. The number of hydrogen-bond acceptors (Lipinski definition) is 2. The number of ether oxygens (including phenoxy) is 1. The van der Waals surface area contributed by atoms with E-state index in [-0.39, 0.29) is 0 Å². The first-order valence-electron chi connectivity index (χ1n) is 2.96. The molecule has 0 spiro atoms. The van der Waals surface area contributed by atoms with Gasteiger partial charge in [-0.2, -0.15) is 0 Å². The molecule has 0 rings (SSSR count). The van der Waals surface area contributed by atoms with Gasteiger partial charge in [0, 0.05) is 6.61 Å². The molecule has 0 aliphatic carbocycles. The van der Waals surface area contributed by atoms with Gasteiger partial charge in [0.05, 0.1) is 0 Å². The summed E-state index contributed by atoms with van der Waals surface area (Å²) in [7, 11) is 0. The molecule has 0 amide bonds. The lowest BCUT2D eigenvalue weighted by molar-refractivity contribution is 0.249. The topological polar surface area (TPSA) is 9.23 Å². The predicted octanol–water partition coefficient (Wildman–Crippen LogP) is 2.29. The van der Waals surface area contributed by atoms with Crippen LogP contribution in [0.5, 0.6) is 0 Å². The summed E-state index contributed by atoms with van der Waals surface area (Å²) in [6.07, 6.45) is 1.22. The van der Waals surface area contributed by atoms with Crippen molar-refractivity contribution in [1.29, 1.82) is 0 Å². The van der Waals surface area contributed by atoms with Gasteiger partial charge in [-0.15, -0.1) is 11.8 Å². The highest BCUT2D eigenvalue weighted by Crippen LogP contribution is 2.06. The average molecular weight is 133 g/mol. The number of thioether (sulfide) groups is 1. The highest BCUT2D eigenvalue weighted by Gasteiger charge is 1.83. The van der Waals surface area contributed by atoms with Gasteiger partial charge >= 0.3 is 0 Å². The van der Waals surface area contributed by atoms with Crippen LogP contribution >= 0.6 is 11.8 Å². The van der Waals surface area contributed by atoms with E-state index in [1.54, 1.807) is 11.8 Å². The molecule has 0 aromatic heterocycles. The molecule has 0 heterocycles. The van der Waals surface area contributed by atoms with E-state index in [1.807, 2.05) is 12.9 Å². The highest BCUT2D eigenvalue weighted by molar-refractivity contribution is 8.01. The van der Waals surface area contributed by atoms with Crippen molar-refractivity contribution in [2.45, 2.75) is 20.3 Å². The quantitative estimate of drug-likeness (QED) is 0.532. The maximum Gasteiger partial charge on any atom is 0.138 e. The van der Waals surface area contributed by atoms with E-state index < -0.39 is 0 Å². The Morgan fingerprint density at radius 2 is 2.25 bits per heavy atom. The second-order valence-electron chi connectivity index (χ2n) is 1.42. The SMILES string of the molecule is CCCS[CH]OCC. The summed E-state index contributed by atoms with van der Waals surface area (Å²) in [5, 5.41) is 0. The van der Waals surface area contributed by atoms with E-state index in [1.165, 1.54) is 12.2 Å². The minimum Gasteiger partial charge on any atom is -0.364 e. The van der Waals surface area contributed by atoms with Gasteiger partial charge in [-0.3, -0.25) is 0 Å². The molecule has 0 aliphatic heterocycles. The zero-order valence-corrected chi connectivity index (χ0v) is 6.33. The van der Waals surface area contributed by atoms with E-state index in [2.05, 4.69) is 6.92 Å². The fourth-order valence-electron chi connectivity index (χ4n) is 0.282. The van der Waals surface area contributed by atoms with Crippen LogP contribution in [-0.4, -0.2) is 12.4 Å². The van der Waals surface area contributed by atoms with Crippen LogP contribution < -0.4 is 0 Å². The van der Waals surface area contributed by atoms with Gasteiger partial charge in [-0.25, -0.2) is 0 Å². The van der Waals surface area contributed by atoms with Crippen LogP contribution in [0.1, 0.15) is 20.3 Å². The molecule has 0 saturated heterocycles. The first-order valence-corrected chi connectivity index (χ1v) is 4.01. The van der Waals surface area contributed by atoms with Crippen molar-refractivity contribution in [2.75, 3.05) is 12.4 Å². The van der Waals surface area contributed by atoms with Crippen LogP contribution in [0, 0.1) is 5.94 Å². The zero-order chi connectivity index (χ0) is 6.24. The van der Waals surface area contributed by atoms with E-state index >= 15 is 0 Å². The van der Waals surface area contributed by atoms with Crippen LogP contribution in [0.4, 0.5) is 0 Å². The average Bonchev–Trinajstić information content (AvgIpc) is 1.81. The van der Waals surface area contributed by atoms with Gasteiger partial charge < -0.3 is 4.74 Å². The van der Waals surface area contributed by atoms with Crippen molar-refractivity contribution >= 4 is 11.8 Å². The van der Waals surface area contributed by atoms with Gasteiger partial charge in [-0.1, -0.05) is 6.92 Å². The molecule has 49 valence electrons. The summed E-state index contributed by atoms with van der Waals surface area (Å²) in [4.78, 5) is 0. The van der Waals surface area contributed by atoms with Crippen molar-refractivity contribution in [3.63, 3.8) is 0 Å². The summed E-state index contributed by atoms with van der Waals surface area (Å²) < 4.78 is 4.97. The van der Waals surface area contributed by atoms with E-state index in [0.717, 1.165) is 6.61 Å². The maximum absolute atomic E-state index is 4.97. The summed E-state index contributed by atoms with van der Waals surface area (Å²) in [6, 6.07) is 0. The summed E-state index contributed by atoms with van der Waals surface area (Å²) in [5.74, 6) is 2.98. The van der Waals surface area contributed by atoms with Gasteiger partial charge in [0.15, 0.2) is 0 Å². The molecule has 2 heteroatoms. The maximum atomic E-state index is 4.97. The minimum atomic E-state index is 0.788. The lowest BCUT2D eigenvalue weighted by Gasteiger charge is -1.95. The van der Waals surface area contributed by atoms with Crippen LogP contribution in [0.2, 0.25) is 0 Å². The Morgan fingerprint density at radius 1 is 1.50 bits per heavy atom. The third-order valence-corrected chi connectivity index (χ3v) is 1.54. The van der Waals surface area contributed by atoms with Crippen molar-refractivity contribution < 1.29 is 4.74 Å². The van der Waals surface area contributed by atoms with Crippen LogP contribution in [-0.2, 0) is 4.74 Å². The Bertz CT molecular complexity index is 33.5. The summed E-state index contributed by atoms with van der Waals surface area (Å²) in [5.41, 5.74) is 0. The van der Waals surface area contributed by atoms with Gasteiger partial charge in [-0.05, 0) is 19.1 Å². The highest BCUT2D eigenvalue weighted by atomic mass is 32.2.